The maximum Gasteiger partial charge on any atom is 0.391 e. The number of nitrogens with zero attached hydrogens (tertiary/aromatic N) is 1. The van der Waals surface area contributed by atoms with E-state index in [0.29, 0.717) is 24.7 Å². The Labute approximate surface area is 131 Å². The summed E-state index contributed by atoms with van der Waals surface area (Å²) in [4.78, 5) is 14.5. The molecule has 0 radical (unpaired) electrons. The topological polar surface area (TPSA) is 20.3 Å². The van der Waals surface area contributed by atoms with Crippen LogP contribution in [-0.2, 0) is 4.79 Å². The summed E-state index contributed by atoms with van der Waals surface area (Å²) in [5.74, 6) is -0.615. The van der Waals surface area contributed by atoms with E-state index < -0.39 is 18.0 Å². The van der Waals surface area contributed by atoms with Crippen LogP contribution in [0.1, 0.15) is 58.8 Å². The molecule has 1 heterocycles. The lowest BCUT2D eigenvalue weighted by molar-refractivity contribution is -0.187. The van der Waals surface area contributed by atoms with Gasteiger partial charge in [0.05, 0.1) is 5.92 Å². The molecule has 1 amide bonds. The normalized spacial score (nSPS) is 30.6. The molecule has 3 atom stereocenters. The monoisotopic (exact) mass is 319 g/mol. The van der Waals surface area contributed by atoms with E-state index in [9.17, 15) is 18.0 Å². The zero-order valence-electron chi connectivity index (χ0n) is 13.7. The number of alkyl halides is 3. The van der Waals surface area contributed by atoms with Crippen molar-refractivity contribution in [2.24, 2.45) is 23.7 Å². The van der Waals surface area contributed by atoms with Crippen molar-refractivity contribution in [1.29, 1.82) is 0 Å². The van der Waals surface area contributed by atoms with Gasteiger partial charge >= 0.3 is 6.18 Å². The third kappa shape index (κ3) is 4.63. The molecule has 2 rings (SSSR count). The lowest BCUT2D eigenvalue weighted by Crippen LogP contribution is -2.45. The number of hydrogen-bond acceptors (Lipinski definition) is 1. The highest BCUT2D eigenvalue weighted by Crippen LogP contribution is 2.40. The molecule has 2 fully saturated rings. The van der Waals surface area contributed by atoms with Gasteiger partial charge in [-0.3, -0.25) is 4.79 Å². The van der Waals surface area contributed by atoms with Crippen LogP contribution in [-0.4, -0.2) is 30.1 Å². The lowest BCUT2D eigenvalue weighted by Gasteiger charge is -2.38. The predicted octanol–water partition coefficient (Wildman–Crippen LogP) is 4.64. The molecular weight excluding hydrogens is 291 g/mol. The van der Waals surface area contributed by atoms with Gasteiger partial charge in [0.15, 0.2) is 0 Å². The van der Waals surface area contributed by atoms with Crippen molar-refractivity contribution in [2.75, 3.05) is 13.1 Å². The van der Waals surface area contributed by atoms with Gasteiger partial charge in [0.25, 0.3) is 0 Å². The van der Waals surface area contributed by atoms with Crippen LogP contribution in [0.15, 0.2) is 0 Å². The third-order valence-electron chi connectivity index (χ3n) is 5.12. The van der Waals surface area contributed by atoms with E-state index >= 15 is 0 Å². The molecule has 128 valence electrons. The van der Waals surface area contributed by atoms with Gasteiger partial charge in [-0.2, -0.15) is 13.2 Å². The van der Waals surface area contributed by atoms with Crippen LogP contribution in [0.25, 0.3) is 0 Å². The highest BCUT2D eigenvalue weighted by atomic mass is 19.4. The molecule has 2 aliphatic rings. The first-order chi connectivity index (χ1) is 10.3. The summed E-state index contributed by atoms with van der Waals surface area (Å²) < 4.78 is 38.7. The minimum Gasteiger partial charge on any atom is -0.342 e. The van der Waals surface area contributed by atoms with Crippen LogP contribution in [0.5, 0.6) is 0 Å². The third-order valence-corrected chi connectivity index (χ3v) is 5.12. The van der Waals surface area contributed by atoms with Crippen LogP contribution < -0.4 is 0 Å². The molecule has 1 aliphatic carbocycles. The van der Waals surface area contributed by atoms with Gasteiger partial charge in [-0.1, -0.05) is 20.3 Å². The largest absolute Gasteiger partial charge is 0.391 e. The second-order valence-corrected chi connectivity index (χ2v) is 7.52. The summed E-state index contributed by atoms with van der Waals surface area (Å²) >= 11 is 0. The Morgan fingerprint density at radius 3 is 2.55 bits per heavy atom. The van der Waals surface area contributed by atoms with E-state index in [0.717, 1.165) is 32.4 Å². The summed E-state index contributed by atoms with van der Waals surface area (Å²) in [6, 6.07) is 0. The number of hydrogen-bond donors (Lipinski definition) is 0. The molecule has 0 aromatic carbocycles. The van der Waals surface area contributed by atoms with Gasteiger partial charge in [0.1, 0.15) is 0 Å². The Morgan fingerprint density at radius 1 is 1.18 bits per heavy atom. The summed E-state index contributed by atoms with van der Waals surface area (Å²) in [6.07, 6.45) is 0.383. The van der Waals surface area contributed by atoms with Crippen LogP contribution in [0.3, 0.4) is 0 Å². The fourth-order valence-electron chi connectivity index (χ4n) is 4.09. The number of likely N-dealkylation sites (tertiary alicyclic amines) is 1. The zero-order valence-corrected chi connectivity index (χ0v) is 13.7. The number of piperidine rings is 1. The average molecular weight is 319 g/mol. The molecule has 1 saturated carbocycles. The maximum atomic E-state index is 12.9. The SMILES string of the molecule is CC(C)C[C@@H]1CCCN(C(=O)[C@H]2CCC[C@@H](C(F)(F)F)C2)C1. The van der Waals surface area contributed by atoms with Crippen molar-refractivity contribution >= 4 is 5.91 Å². The summed E-state index contributed by atoms with van der Waals surface area (Å²) in [6.45, 7) is 5.82. The Bertz CT molecular complexity index is 381. The molecule has 1 saturated heterocycles. The number of amides is 1. The molecule has 0 spiro atoms. The van der Waals surface area contributed by atoms with E-state index in [1.54, 1.807) is 0 Å². The molecule has 0 bridgehead atoms. The van der Waals surface area contributed by atoms with Gasteiger partial charge in [0, 0.05) is 19.0 Å². The summed E-state index contributed by atoms with van der Waals surface area (Å²) in [7, 11) is 0. The maximum absolute atomic E-state index is 12.9. The predicted molar refractivity (Wildman–Crippen MR) is 80.3 cm³/mol. The van der Waals surface area contributed by atoms with Gasteiger partial charge < -0.3 is 4.90 Å². The molecule has 1 aliphatic heterocycles. The zero-order chi connectivity index (χ0) is 16.3. The van der Waals surface area contributed by atoms with Crippen LogP contribution >= 0.6 is 0 Å². The first-order valence-electron chi connectivity index (χ1n) is 8.63. The fourth-order valence-corrected chi connectivity index (χ4v) is 4.09. The first-order valence-corrected chi connectivity index (χ1v) is 8.63. The van der Waals surface area contributed by atoms with Crippen LogP contribution in [0.4, 0.5) is 13.2 Å². The minimum absolute atomic E-state index is 0.00627. The van der Waals surface area contributed by atoms with E-state index in [1.165, 1.54) is 0 Å². The number of carbonyl (C=O) groups excluding carboxylic acids is 1. The molecular formula is C17H28F3NO. The average Bonchev–Trinajstić information content (AvgIpc) is 2.45. The smallest absolute Gasteiger partial charge is 0.342 e. The van der Waals surface area contributed by atoms with Crippen molar-refractivity contribution in [3.8, 4) is 0 Å². The van der Waals surface area contributed by atoms with Crippen molar-refractivity contribution in [3.05, 3.63) is 0 Å². The van der Waals surface area contributed by atoms with Crippen molar-refractivity contribution in [3.63, 3.8) is 0 Å². The molecule has 2 nitrogen and oxygen atoms in total. The summed E-state index contributed by atoms with van der Waals surface area (Å²) in [5.41, 5.74) is 0. The van der Waals surface area contributed by atoms with E-state index in [1.807, 2.05) is 4.90 Å². The highest BCUT2D eigenvalue weighted by Gasteiger charge is 2.44. The van der Waals surface area contributed by atoms with Gasteiger partial charge in [-0.05, 0) is 50.4 Å². The van der Waals surface area contributed by atoms with Gasteiger partial charge in [-0.15, -0.1) is 0 Å². The Hall–Kier alpha value is -0.740. The Morgan fingerprint density at radius 2 is 1.91 bits per heavy atom. The number of halogens is 3. The van der Waals surface area contributed by atoms with Gasteiger partial charge in [-0.25, -0.2) is 0 Å². The second kappa shape index (κ2) is 7.22. The van der Waals surface area contributed by atoms with E-state index in [2.05, 4.69) is 13.8 Å². The van der Waals surface area contributed by atoms with Crippen molar-refractivity contribution < 1.29 is 18.0 Å². The second-order valence-electron chi connectivity index (χ2n) is 7.52. The molecule has 0 unspecified atom stereocenters. The van der Waals surface area contributed by atoms with E-state index in [4.69, 9.17) is 0 Å². The Balaban J connectivity index is 1.92. The summed E-state index contributed by atoms with van der Waals surface area (Å²) in [5, 5.41) is 0. The van der Waals surface area contributed by atoms with Gasteiger partial charge in [0.2, 0.25) is 5.91 Å². The first kappa shape index (κ1) is 17.6. The molecule has 0 N–H and O–H groups in total. The standard InChI is InChI=1S/C17H28F3NO/c1-12(2)9-13-5-4-8-21(11-13)16(22)14-6-3-7-15(10-14)17(18,19)20/h12-15H,3-11H2,1-2H3/t13-,14-,15+/m0/s1. The fraction of sp³-hybridized carbons (Fsp3) is 0.941. The minimum atomic E-state index is -4.15. The quantitative estimate of drug-likeness (QED) is 0.742. The molecule has 22 heavy (non-hydrogen) atoms. The number of carbonyl (C=O) groups is 1. The van der Waals surface area contributed by atoms with E-state index in [-0.39, 0.29) is 18.7 Å². The van der Waals surface area contributed by atoms with Crippen LogP contribution in [0, 0.1) is 23.7 Å². The highest BCUT2D eigenvalue weighted by molar-refractivity contribution is 5.79. The molecule has 5 heteroatoms. The molecule has 0 aromatic heterocycles. The Kier molecular flexibility index (Phi) is 5.78. The lowest BCUT2D eigenvalue weighted by atomic mass is 9.79. The van der Waals surface area contributed by atoms with Crippen molar-refractivity contribution in [2.45, 2.75) is 65.0 Å². The number of rotatable bonds is 3. The van der Waals surface area contributed by atoms with Crippen molar-refractivity contribution in [1.82, 2.24) is 4.90 Å². The molecule has 0 aromatic rings. The van der Waals surface area contributed by atoms with Crippen LogP contribution in [0.2, 0.25) is 0 Å².